The Kier molecular flexibility index (Phi) is 5.81. The van der Waals surface area contributed by atoms with Gasteiger partial charge < -0.3 is 9.88 Å². The van der Waals surface area contributed by atoms with Crippen molar-refractivity contribution in [3.63, 3.8) is 0 Å². The van der Waals surface area contributed by atoms with Gasteiger partial charge in [0.15, 0.2) is 0 Å². The predicted octanol–water partition coefficient (Wildman–Crippen LogP) is 4.76. The zero-order valence-corrected chi connectivity index (χ0v) is 16.4. The third-order valence-electron chi connectivity index (χ3n) is 5.34. The lowest BCUT2D eigenvalue weighted by molar-refractivity contribution is -0.117. The van der Waals surface area contributed by atoms with Crippen molar-refractivity contribution in [1.82, 2.24) is 9.88 Å². The molecule has 0 atom stereocenters. The first kappa shape index (κ1) is 19.0. The number of rotatable bonds is 4. The molecule has 1 N–H and O–H groups in total. The first-order chi connectivity index (χ1) is 13.0. The van der Waals surface area contributed by atoms with Gasteiger partial charge in [-0.3, -0.25) is 4.79 Å². The molecule has 1 aliphatic carbocycles. The molecular formula is C23H27N3O. The minimum absolute atomic E-state index is 0.171. The summed E-state index contributed by atoms with van der Waals surface area (Å²) < 4.78 is 2.16. The van der Waals surface area contributed by atoms with Crippen LogP contribution in [0.25, 0.3) is 11.8 Å². The Labute approximate surface area is 161 Å². The molecule has 1 aromatic heterocycles. The minimum atomic E-state index is -0.259. The van der Waals surface area contributed by atoms with Crippen LogP contribution in [0.1, 0.15) is 54.6 Å². The second-order valence-corrected chi connectivity index (χ2v) is 7.48. The number of amides is 1. The van der Waals surface area contributed by atoms with Gasteiger partial charge >= 0.3 is 0 Å². The molecule has 0 bridgehead atoms. The first-order valence-corrected chi connectivity index (χ1v) is 9.68. The molecule has 0 radical (unpaired) electrons. The number of nitriles is 1. The van der Waals surface area contributed by atoms with Crippen molar-refractivity contribution in [2.75, 3.05) is 0 Å². The van der Waals surface area contributed by atoms with Crippen LogP contribution < -0.4 is 5.32 Å². The van der Waals surface area contributed by atoms with Crippen molar-refractivity contribution in [3.8, 4) is 11.8 Å². The van der Waals surface area contributed by atoms with Crippen molar-refractivity contribution < 1.29 is 4.79 Å². The smallest absolute Gasteiger partial charge is 0.262 e. The highest BCUT2D eigenvalue weighted by molar-refractivity contribution is 6.02. The molecule has 140 valence electrons. The van der Waals surface area contributed by atoms with Crippen LogP contribution in [0.5, 0.6) is 0 Å². The lowest BCUT2D eigenvalue weighted by atomic mass is 9.95. The molecule has 3 rings (SSSR count). The Balaban J connectivity index is 1.87. The highest BCUT2D eigenvalue weighted by Crippen LogP contribution is 2.24. The Morgan fingerprint density at radius 2 is 1.93 bits per heavy atom. The molecule has 27 heavy (non-hydrogen) atoms. The maximum atomic E-state index is 12.6. The summed E-state index contributed by atoms with van der Waals surface area (Å²) in [4.78, 5) is 12.6. The number of aryl methyl sites for hydroxylation is 2. The summed E-state index contributed by atoms with van der Waals surface area (Å²) in [5, 5.41) is 12.6. The van der Waals surface area contributed by atoms with Gasteiger partial charge in [-0.1, -0.05) is 31.4 Å². The number of aromatic nitrogens is 1. The largest absolute Gasteiger partial charge is 0.349 e. The molecule has 0 aliphatic heterocycles. The van der Waals surface area contributed by atoms with Crippen molar-refractivity contribution >= 4 is 12.0 Å². The van der Waals surface area contributed by atoms with E-state index in [1.165, 1.54) is 12.0 Å². The summed E-state index contributed by atoms with van der Waals surface area (Å²) in [5.41, 5.74) is 5.47. The van der Waals surface area contributed by atoms with Gasteiger partial charge in [0.05, 0.1) is 0 Å². The molecule has 1 saturated carbocycles. The number of hydrogen-bond acceptors (Lipinski definition) is 2. The van der Waals surface area contributed by atoms with Crippen LogP contribution >= 0.6 is 0 Å². The van der Waals surface area contributed by atoms with Crippen molar-refractivity contribution in [1.29, 1.82) is 5.26 Å². The molecule has 2 aromatic rings. The normalized spacial score (nSPS) is 15.4. The fourth-order valence-electron chi connectivity index (χ4n) is 3.91. The van der Waals surface area contributed by atoms with Crippen LogP contribution in [-0.4, -0.2) is 16.5 Å². The van der Waals surface area contributed by atoms with E-state index in [2.05, 4.69) is 41.1 Å². The molecule has 4 nitrogen and oxygen atoms in total. The van der Waals surface area contributed by atoms with Gasteiger partial charge in [-0.05, 0) is 69.0 Å². The second kappa shape index (κ2) is 8.26. The fraction of sp³-hybridized carbons (Fsp3) is 0.391. The highest BCUT2D eigenvalue weighted by atomic mass is 16.1. The molecule has 1 fully saturated rings. The zero-order valence-electron chi connectivity index (χ0n) is 16.4. The van der Waals surface area contributed by atoms with Gasteiger partial charge in [-0.25, -0.2) is 0 Å². The summed E-state index contributed by atoms with van der Waals surface area (Å²) in [6, 6.07) is 12.6. The van der Waals surface area contributed by atoms with E-state index >= 15 is 0 Å². The van der Waals surface area contributed by atoms with Gasteiger partial charge in [0.2, 0.25) is 0 Å². The van der Waals surface area contributed by atoms with Crippen molar-refractivity contribution in [2.45, 2.75) is 58.9 Å². The minimum Gasteiger partial charge on any atom is -0.349 e. The Bertz CT molecular complexity index is 908. The summed E-state index contributed by atoms with van der Waals surface area (Å²) >= 11 is 0. The Hall–Kier alpha value is -2.80. The van der Waals surface area contributed by atoms with Gasteiger partial charge in [0.25, 0.3) is 5.91 Å². The number of carbonyl (C=O) groups excluding carboxylic acids is 1. The molecular weight excluding hydrogens is 334 g/mol. The van der Waals surface area contributed by atoms with Gasteiger partial charge in [-0.2, -0.15) is 5.26 Å². The van der Waals surface area contributed by atoms with Crippen LogP contribution in [0.2, 0.25) is 0 Å². The SMILES string of the molecule is Cc1cccc(-n2c(C)cc(/C=C(/C#N)C(=O)NC3CCCCC3)c2C)c1. The van der Waals surface area contributed by atoms with Crippen molar-refractivity contribution in [3.05, 3.63) is 58.4 Å². The maximum absolute atomic E-state index is 12.6. The van der Waals surface area contributed by atoms with Gasteiger partial charge in [0.1, 0.15) is 11.6 Å². The summed E-state index contributed by atoms with van der Waals surface area (Å²) in [6.07, 6.45) is 7.26. The summed E-state index contributed by atoms with van der Waals surface area (Å²) in [7, 11) is 0. The number of carbonyl (C=O) groups is 1. The molecule has 0 spiro atoms. The number of hydrogen-bond donors (Lipinski definition) is 1. The first-order valence-electron chi connectivity index (χ1n) is 9.68. The summed E-state index contributed by atoms with van der Waals surface area (Å²) in [5.74, 6) is -0.259. The van der Waals surface area contributed by atoms with E-state index < -0.39 is 0 Å². The van der Waals surface area contributed by atoms with E-state index in [0.717, 1.165) is 48.3 Å². The van der Waals surface area contributed by atoms with Crippen LogP contribution in [0, 0.1) is 32.1 Å². The predicted molar refractivity (Wildman–Crippen MR) is 109 cm³/mol. The van der Waals surface area contributed by atoms with Crippen LogP contribution in [-0.2, 0) is 4.79 Å². The van der Waals surface area contributed by atoms with E-state index in [9.17, 15) is 10.1 Å². The van der Waals surface area contributed by atoms with Crippen LogP contribution in [0.15, 0.2) is 35.9 Å². The monoisotopic (exact) mass is 361 g/mol. The topological polar surface area (TPSA) is 57.8 Å². The molecule has 1 amide bonds. The second-order valence-electron chi connectivity index (χ2n) is 7.48. The van der Waals surface area contributed by atoms with E-state index in [1.807, 2.05) is 26.0 Å². The molecule has 4 heteroatoms. The lowest BCUT2D eigenvalue weighted by Crippen LogP contribution is -2.36. The quantitative estimate of drug-likeness (QED) is 0.630. The zero-order chi connectivity index (χ0) is 19.4. The van der Waals surface area contributed by atoms with Crippen LogP contribution in [0.4, 0.5) is 0 Å². The average Bonchev–Trinajstić information content (AvgIpc) is 2.93. The van der Waals surface area contributed by atoms with Gasteiger partial charge in [0, 0.05) is 23.1 Å². The van der Waals surface area contributed by atoms with E-state index in [4.69, 9.17) is 0 Å². The average molecular weight is 361 g/mol. The fourth-order valence-corrected chi connectivity index (χ4v) is 3.91. The third kappa shape index (κ3) is 4.31. The van der Waals surface area contributed by atoms with Crippen molar-refractivity contribution in [2.24, 2.45) is 0 Å². The lowest BCUT2D eigenvalue weighted by Gasteiger charge is -2.22. The number of benzene rings is 1. The number of nitrogens with zero attached hydrogens (tertiary/aromatic N) is 2. The molecule has 0 saturated heterocycles. The standard InChI is InChI=1S/C23H27N3O/c1-16-8-7-11-22(12-16)26-17(2)13-19(18(26)3)14-20(15-24)23(27)25-21-9-5-4-6-10-21/h7-8,11-14,21H,4-6,9-10H2,1-3H3,(H,25,27)/b20-14-. The maximum Gasteiger partial charge on any atom is 0.262 e. The highest BCUT2D eigenvalue weighted by Gasteiger charge is 2.19. The van der Waals surface area contributed by atoms with E-state index in [-0.39, 0.29) is 17.5 Å². The third-order valence-corrected chi connectivity index (χ3v) is 5.34. The van der Waals surface area contributed by atoms with Gasteiger partial charge in [-0.15, -0.1) is 0 Å². The van der Waals surface area contributed by atoms with E-state index in [1.54, 1.807) is 6.08 Å². The van der Waals surface area contributed by atoms with Crippen LogP contribution in [0.3, 0.4) is 0 Å². The van der Waals surface area contributed by atoms with E-state index in [0.29, 0.717) is 0 Å². The molecule has 1 aliphatic rings. The molecule has 1 aromatic carbocycles. The Morgan fingerprint density at radius 1 is 1.19 bits per heavy atom. The Morgan fingerprint density at radius 3 is 2.59 bits per heavy atom. The number of nitrogens with one attached hydrogen (secondary N) is 1. The molecule has 1 heterocycles. The molecule has 0 unspecified atom stereocenters. The summed E-state index contributed by atoms with van der Waals surface area (Å²) in [6.45, 7) is 6.14.